The van der Waals surface area contributed by atoms with E-state index in [0.29, 0.717) is 34.0 Å². The van der Waals surface area contributed by atoms with E-state index in [4.69, 9.17) is 22.1 Å². The van der Waals surface area contributed by atoms with Crippen LogP contribution in [0, 0.1) is 5.41 Å². The van der Waals surface area contributed by atoms with Crippen LogP contribution >= 0.6 is 23.4 Å². The molecule has 4 rings (SSSR count). The minimum atomic E-state index is -0.199. The first kappa shape index (κ1) is 25.4. The van der Waals surface area contributed by atoms with E-state index in [1.165, 1.54) is 11.8 Å². The van der Waals surface area contributed by atoms with Crippen LogP contribution in [0.4, 0.5) is 11.6 Å². The number of rotatable bonds is 9. The predicted molar refractivity (Wildman–Crippen MR) is 134 cm³/mol. The van der Waals surface area contributed by atoms with Crippen LogP contribution in [0.1, 0.15) is 31.9 Å². The van der Waals surface area contributed by atoms with Crippen LogP contribution in [0.25, 0.3) is 0 Å². The topological polar surface area (TPSA) is 121 Å². The predicted octanol–water partition coefficient (Wildman–Crippen LogP) is 2.32. The zero-order valence-electron chi connectivity index (χ0n) is 19.7. The van der Waals surface area contributed by atoms with Crippen LogP contribution in [0.2, 0.25) is 5.02 Å². The Morgan fingerprint density at radius 1 is 1.26 bits per heavy atom. The smallest absolute Gasteiger partial charge is 0.152 e. The van der Waals surface area contributed by atoms with Gasteiger partial charge in [0.2, 0.25) is 0 Å². The Morgan fingerprint density at radius 3 is 2.65 bits per heavy atom. The number of aromatic nitrogens is 3. The minimum absolute atomic E-state index is 0.0103. The maximum absolute atomic E-state index is 10.0. The standard InChI is InChI=1S/C23H33ClN6O3S/c1-23(18(25)14-33-2)5-9-29(10-6-23)21-16(13-32)28-19(11-27-21)34-17-3-7-26-22(20(17)24)30-8-4-15(30)12-31/h3,7,11,15,18,31-32H,4-6,8-10,12-14,25H2,1-2H3. The first-order valence-corrected chi connectivity index (χ1v) is 12.8. The Kier molecular flexibility index (Phi) is 8.16. The third-order valence-corrected chi connectivity index (χ3v) is 8.52. The van der Waals surface area contributed by atoms with Crippen molar-refractivity contribution in [3.8, 4) is 0 Å². The number of anilines is 2. The van der Waals surface area contributed by atoms with Crippen LogP contribution in [-0.4, -0.2) is 77.2 Å². The minimum Gasteiger partial charge on any atom is -0.394 e. The summed E-state index contributed by atoms with van der Waals surface area (Å²) >= 11 is 8.05. The molecule has 2 unspecified atom stereocenters. The molecule has 2 atom stereocenters. The maximum Gasteiger partial charge on any atom is 0.152 e. The highest BCUT2D eigenvalue weighted by Gasteiger charge is 2.36. The van der Waals surface area contributed by atoms with Crippen LogP contribution in [0.15, 0.2) is 28.4 Å². The molecule has 11 heteroatoms. The lowest BCUT2D eigenvalue weighted by atomic mass is 9.74. The number of nitrogens with zero attached hydrogens (tertiary/aromatic N) is 5. The fourth-order valence-electron chi connectivity index (χ4n) is 4.52. The molecule has 34 heavy (non-hydrogen) atoms. The van der Waals surface area contributed by atoms with Crippen molar-refractivity contribution in [2.24, 2.45) is 11.1 Å². The maximum atomic E-state index is 10.0. The number of nitrogens with two attached hydrogens (primary N) is 1. The molecule has 2 aromatic heterocycles. The van der Waals surface area contributed by atoms with Gasteiger partial charge < -0.3 is 30.5 Å². The van der Waals surface area contributed by atoms with Gasteiger partial charge in [0.1, 0.15) is 16.5 Å². The summed E-state index contributed by atoms with van der Waals surface area (Å²) in [6.07, 6.45) is 6.19. The van der Waals surface area contributed by atoms with E-state index in [0.717, 1.165) is 43.8 Å². The van der Waals surface area contributed by atoms with Gasteiger partial charge in [-0.15, -0.1) is 0 Å². The zero-order chi connectivity index (χ0) is 24.3. The lowest BCUT2D eigenvalue weighted by Gasteiger charge is -2.43. The van der Waals surface area contributed by atoms with Gasteiger partial charge >= 0.3 is 0 Å². The van der Waals surface area contributed by atoms with Crippen LogP contribution in [-0.2, 0) is 11.3 Å². The molecule has 0 amide bonds. The number of aliphatic hydroxyl groups is 2. The van der Waals surface area contributed by atoms with Gasteiger partial charge in [-0.1, -0.05) is 30.3 Å². The first-order valence-electron chi connectivity index (χ1n) is 11.6. The van der Waals surface area contributed by atoms with Crippen LogP contribution in [0.3, 0.4) is 0 Å². The number of halogens is 1. The fourth-order valence-corrected chi connectivity index (χ4v) is 5.65. The molecule has 186 valence electrons. The quantitative estimate of drug-likeness (QED) is 0.465. The second-order valence-corrected chi connectivity index (χ2v) is 10.6. The monoisotopic (exact) mass is 508 g/mol. The normalized spacial score (nSPS) is 20.8. The van der Waals surface area contributed by atoms with E-state index >= 15 is 0 Å². The van der Waals surface area contributed by atoms with Crippen molar-refractivity contribution in [1.82, 2.24) is 15.0 Å². The molecule has 2 aliphatic rings. The van der Waals surface area contributed by atoms with Gasteiger partial charge in [-0.25, -0.2) is 15.0 Å². The van der Waals surface area contributed by atoms with Gasteiger partial charge in [-0.3, -0.25) is 0 Å². The summed E-state index contributed by atoms with van der Waals surface area (Å²) < 4.78 is 5.26. The lowest BCUT2D eigenvalue weighted by molar-refractivity contribution is 0.0991. The van der Waals surface area contributed by atoms with E-state index in [2.05, 4.69) is 26.8 Å². The van der Waals surface area contributed by atoms with E-state index in [9.17, 15) is 10.2 Å². The SMILES string of the molecule is COCC(N)C1(C)CCN(c2ncc(Sc3ccnc(N4CCC4CO)c3Cl)nc2CO)CC1. The Morgan fingerprint density at radius 2 is 2.03 bits per heavy atom. The van der Waals surface area contributed by atoms with Gasteiger partial charge in [0.25, 0.3) is 0 Å². The molecule has 0 bridgehead atoms. The highest BCUT2D eigenvalue weighted by molar-refractivity contribution is 7.99. The van der Waals surface area contributed by atoms with Crippen molar-refractivity contribution < 1.29 is 14.9 Å². The molecule has 0 saturated carbocycles. The molecule has 2 fully saturated rings. The Hall–Kier alpha value is -1.69. The molecule has 9 nitrogen and oxygen atoms in total. The molecule has 2 aliphatic heterocycles. The van der Waals surface area contributed by atoms with Crippen LogP contribution < -0.4 is 15.5 Å². The third-order valence-electron chi connectivity index (χ3n) is 7.07. The summed E-state index contributed by atoms with van der Waals surface area (Å²) in [6.45, 7) is 5.04. The van der Waals surface area contributed by atoms with E-state index in [1.54, 1.807) is 19.5 Å². The molecular weight excluding hydrogens is 476 g/mol. The summed E-state index contributed by atoms with van der Waals surface area (Å²) in [4.78, 5) is 18.7. The Bertz CT molecular complexity index is 989. The molecule has 0 aliphatic carbocycles. The highest BCUT2D eigenvalue weighted by atomic mass is 35.5. The van der Waals surface area contributed by atoms with Crippen molar-refractivity contribution in [2.75, 3.05) is 49.8 Å². The molecule has 2 saturated heterocycles. The lowest BCUT2D eigenvalue weighted by Crippen LogP contribution is -2.50. The third kappa shape index (κ3) is 5.12. The highest BCUT2D eigenvalue weighted by Crippen LogP contribution is 2.40. The van der Waals surface area contributed by atoms with Gasteiger partial charge in [0.05, 0.1) is 37.1 Å². The van der Waals surface area contributed by atoms with Crippen LogP contribution in [0.5, 0.6) is 0 Å². The van der Waals surface area contributed by atoms with Gasteiger partial charge in [0.15, 0.2) is 5.82 Å². The number of piperidine rings is 1. The van der Waals surface area contributed by atoms with Gasteiger partial charge in [0, 0.05) is 43.9 Å². The molecule has 0 spiro atoms. The van der Waals surface area contributed by atoms with Crippen molar-refractivity contribution >= 4 is 35.0 Å². The summed E-state index contributed by atoms with van der Waals surface area (Å²) in [5, 5.41) is 20.7. The number of ether oxygens (including phenoxy) is 1. The van der Waals surface area contributed by atoms with Crippen molar-refractivity contribution in [2.45, 2.75) is 54.8 Å². The fraction of sp³-hybridized carbons (Fsp3) is 0.609. The summed E-state index contributed by atoms with van der Waals surface area (Å²) in [5.74, 6) is 1.38. The molecular formula is C23H33ClN6O3S. The Labute approximate surface area is 209 Å². The summed E-state index contributed by atoms with van der Waals surface area (Å²) in [5.41, 5.74) is 6.91. The largest absolute Gasteiger partial charge is 0.394 e. The van der Waals surface area contributed by atoms with Crippen molar-refractivity contribution in [3.05, 3.63) is 29.2 Å². The average Bonchev–Trinajstić information content (AvgIpc) is 2.82. The molecule has 4 heterocycles. The number of hydrogen-bond acceptors (Lipinski definition) is 10. The Balaban J connectivity index is 1.48. The van der Waals surface area contributed by atoms with Gasteiger partial charge in [-0.2, -0.15) is 0 Å². The average molecular weight is 509 g/mol. The molecule has 2 aromatic rings. The number of hydrogen-bond donors (Lipinski definition) is 3. The molecule has 4 N–H and O–H groups in total. The summed E-state index contributed by atoms with van der Waals surface area (Å²) in [6, 6.07) is 1.88. The van der Waals surface area contributed by atoms with Crippen molar-refractivity contribution in [1.29, 1.82) is 0 Å². The zero-order valence-corrected chi connectivity index (χ0v) is 21.2. The second kappa shape index (κ2) is 10.9. The number of methoxy groups -OCH3 is 1. The van der Waals surface area contributed by atoms with E-state index in [-0.39, 0.29) is 30.7 Å². The number of aliphatic hydroxyl groups excluding tert-OH is 2. The van der Waals surface area contributed by atoms with Gasteiger partial charge in [-0.05, 0) is 30.7 Å². The first-order chi connectivity index (χ1) is 16.4. The molecule has 0 radical (unpaired) electrons. The second-order valence-electron chi connectivity index (χ2n) is 9.21. The van der Waals surface area contributed by atoms with E-state index < -0.39 is 0 Å². The van der Waals surface area contributed by atoms with Crippen molar-refractivity contribution in [3.63, 3.8) is 0 Å². The van der Waals surface area contributed by atoms with E-state index in [1.807, 2.05) is 11.0 Å². The number of pyridine rings is 1. The summed E-state index contributed by atoms with van der Waals surface area (Å²) in [7, 11) is 1.68. The molecule has 0 aromatic carbocycles.